The number of nitrogens with zero attached hydrogens (tertiary/aromatic N) is 1. The molecule has 2 rings (SSSR count). The third-order valence-corrected chi connectivity index (χ3v) is 3.62. The average molecular weight is 257 g/mol. The van der Waals surface area contributed by atoms with Crippen LogP contribution in [0.1, 0.15) is 18.4 Å². The van der Waals surface area contributed by atoms with Crippen LogP contribution in [0.4, 0.5) is 4.39 Å². The fourth-order valence-corrected chi connectivity index (χ4v) is 2.43. The van der Waals surface area contributed by atoms with Crippen molar-refractivity contribution < 1.29 is 4.39 Å². The second-order valence-corrected chi connectivity index (χ2v) is 5.08. The molecule has 1 aliphatic rings. The molecule has 1 aromatic rings. The minimum atomic E-state index is -0.232. The van der Waals surface area contributed by atoms with Crippen molar-refractivity contribution in [3.63, 3.8) is 0 Å². The first-order chi connectivity index (χ1) is 8.16. The van der Waals surface area contributed by atoms with Gasteiger partial charge in [-0.2, -0.15) is 0 Å². The van der Waals surface area contributed by atoms with Crippen LogP contribution < -0.4 is 5.32 Å². The van der Waals surface area contributed by atoms with Crippen molar-refractivity contribution in [1.82, 2.24) is 10.2 Å². The zero-order valence-corrected chi connectivity index (χ0v) is 10.8. The van der Waals surface area contributed by atoms with Crippen LogP contribution in [0.25, 0.3) is 0 Å². The van der Waals surface area contributed by atoms with Gasteiger partial charge in [-0.25, -0.2) is 4.39 Å². The minimum Gasteiger partial charge on any atom is -0.311 e. The maximum atomic E-state index is 13.5. The Kier molecular flexibility index (Phi) is 4.37. The lowest BCUT2D eigenvalue weighted by Gasteiger charge is -2.19. The van der Waals surface area contributed by atoms with Crippen molar-refractivity contribution in [2.45, 2.75) is 25.4 Å². The SMILES string of the molecule is CN1CCCC1CNCc1ccc(Cl)cc1F. The highest BCUT2D eigenvalue weighted by Crippen LogP contribution is 2.16. The molecule has 0 amide bonds. The molecule has 0 bridgehead atoms. The normalized spacial score (nSPS) is 21.0. The van der Waals surface area contributed by atoms with Gasteiger partial charge in [-0.05, 0) is 38.6 Å². The maximum Gasteiger partial charge on any atom is 0.129 e. The third-order valence-electron chi connectivity index (χ3n) is 3.38. The smallest absolute Gasteiger partial charge is 0.129 e. The number of benzene rings is 1. The van der Waals surface area contributed by atoms with E-state index in [4.69, 9.17) is 11.6 Å². The van der Waals surface area contributed by atoms with E-state index in [0.29, 0.717) is 23.2 Å². The van der Waals surface area contributed by atoms with Gasteiger partial charge >= 0.3 is 0 Å². The van der Waals surface area contributed by atoms with Crippen molar-refractivity contribution in [2.24, 2.45) is 0 Å². The summed E-state index contributed by atoms with van der Waals surface area (Å²) in [7, 11) is 2.14. The monoisotopic (exact) mass is 256 g/mol. The molecule has 0 spiro atoms. The van der Waals surface area contributed by atoms with E-state index in [1.165, 1.54) is 25.5 Å². The van der Waals surface area contributed by atoms with E-state index in [-0.39, 0.29) is 5.82 Å². The quantitative estimate of drug-likeness (QED) is 0.891. The molecule has 1 aromatic carbocycles. The molecule has 0 aliphatic carbocycles. The Morgan fingerprint density at radius 1 is 1.53 bits per heavy atom. The molecule has 0 saturated carbocycles. The molecule has 4 heteroatoms. The van der Waals surface area contributed by atoms with Crippen LogP contribution in [-0.2, 0) is 6.54 Å². The van der Waals surface area contributed by atoms with Crippen molar-refractivity contribution >= 4 is 11.6 Å². The van der Waals surface area contributed by atoms with Gasteiger partial charge in [0.15, 0.2) is 0 Å². The lowest BCUT2D eigenvalue weighted by Crippen LogP contribution is -2.35. The fourth-order valence-electron chi connectivity index (χ4n) is 2.28. The van der Waals surface area contributed by atoms with Crippen LogP contribution in [0, 0.1) is 5.82 Å². The van der Waals surface area contributed by atoms with E-state index in [1.54, 1.807) is 12.1 Å². The van der Waals surface area contributed by atoms with Crippen LogP contribution in [0.2, 0.25) is 5.02 Å². The summed E-state index contributed by atoms with van der Waals surface area (Å²) in [6.45, 7) is 2.65. The van der Waals surface area contributed by atoms with E-state index in [9.17, 15) is 4.39 Å². The van der Waals surface area contributed by atoms with Crippen molar-refractivity contribution in [3.05, 3.63) is 34.6 Å². The van der Waals surface area contributed by atoms with Crippen LogP contribution >= 0.6 is 11.6 Å². The zero-order chi connectivity index (χ0) is 12.3. The van der Waals surface area contributed by atoms with Crippen LogP contribution in [-0.4, -0.2) is 31.1 Å². The van der Waals surface area contributed by atoms with Gasteiger partial charge in [-0.3, -0.25) is 0 Å². The van der Waals surface area contributed by atoms with Crippen molar-refractivity contribution in [2.75, 3.05) is 20.1 Å². The molecule has 1 N–H and O–H groups in total. The van der Waals surface area contributed by atoms with Gasteiger partial charge in [-0.1, -0.05) is 17.7 Å². The summed E-state index contributed by atoms with van der Waals surface area (Å²) in [6, 6.07) is 5.41. The molecular formula is C13H18ClFN2. The Labute approximate surface area is 107 Å². The standard InChI is InChI=1S/C13H18ClFN2/c1-17-6-2-3-12(17)9-16-8-10-4-5-11(14)7-13(10)15/h4-5,7,12,16H,2-3,6,8-9H2,1H3. The van der Waals surface area contributed by atoms with Gasteiger partial charge in [0, 0.05) is 29.7 Å². The second-order valence-electron chi connectivity index (χ2n) is 4.64. The zero-order valence-electron chi connectivity index (χ0n) is 10.0. The van der Waals surface area contributed by atoms with Gasteiger partial charge in [0.25, 0.3) is 0 Å². The predicted molar refractivity (Wildman–Crippen MR) is 68.8 cm³/mol. The molecule has 1 aliphatic heterocycles. The van der Waals surface area contributed by atoms with Crippen LogP contribution in [0.3, 0.4) is 0 Å². The van der Waals surface area contributed by atoms with E-state index < -0.39 is 0 Å². The van der Waals surface area contributed by atoms with Crippen LogP contribution in [0.15, 0.2) is 18.2 Å². The topological polar surface area (TPSA) is 15.3 Å². The van der Waals surface area contributed by atoms with Crippen molar-refractivity contribution in [3.8, 4) is 0 Å². The Balaban J connectivity index is 1.81. The average Bonchev–Trinajstić information content (AvgIpc) is 2.68. The summed E-state index contributed by atoms with van der Waals surface area (Å²) >= 11 is 5.71. The number of rotatable bonds is 4. The summed E-state index contributed by atoms with van der Waals surface area (Å²) in [4.78, 5) is 2.35. The number of hydrogen-bond donors (Lipinski definition) is 1. The molecule has 0 aromatic heterocycles. The number of halogens is 2. The van der Waals surface area contributed by atoms with Gasteiger partial charge in [-0.15, -0.1) is 0 Å². The second kappa shape index (κ2) is 5.80. The minimum absolute atomic E-state index is 0.232. The summed E-state index contributed by atoms with van der Waals surface area (Å²) < 4.78 is 13.5. The molecule has 94 valence electrons. The molecule has 1 unspecified atom stereocenters. The van der Waals surface area contributed by atoms with E-state index >= 15 is 0 Å². The van der Waals surface area contributed by atoms with Gasteiger partial charge in [0.05, 0.1) is 0 Å². The van der Waals surface area contributed by atoms with Crippen LogP contribution in [0.5, 0.6) is 0 Å². The Morgan fingerprint density at radius 3 is 3.00 bits per heavy atom. The molecule has 2 nitrogen and oxygen atoms in total. The first-order valence-corrected chi connectivity index (χ1v) is 6.39. The number of hydrogen-bond acceptors (Lipinski definition) is 2. The highest BCUT2D eigenvalue weighted by molar-refractivity contribution is 6.30. The highest BCUT2D eigenvalue weighted by atomic mass is 35.5. The molecular weight excluding hydrogens is 239 g/mol. The van der Waals surface area contributed by atoms with E-state index in [0.717, 1.165) is 6.54 Å². The van der Waals surface area contributed by atoms with Crippen molar-refractivity contribution in [1.29, 1.82) is 0 Å². The fraction of sp³-hybridized carbons (Fsp3) is 0.538. The van der Waals surface area contributed by atoms with E-state index in [2.05, 4.69) is 17.3 Å². The number of nitrogens with one attached hydrogen (secondary N) is 1. The van der Waals surface area contributed by atoms with Gasteiger partial charge < -0.3 is 10.2 Å². The van der Waals surface area contributed by atoms with Gasteiger partial charge in [0.1, 0.15) is 5.82 Å². The lowest BCUT2D eigenvalue weighted by molar-refractivity contribution is 0.300. The Bertz CT molecular complexity index is 384. The lowest BCUT2D eigenvalue weighted by atomic mass is 10.2. The summed E-state index contributed by atoms with van der Waals surface area (Å²) in [6.07, 6.45) is 2.49. The highest BCUT2D eigenvalue weighted by Gasteiger charge is 2.19. The third kappa shape index (κ3) is 3.41. The number of likely N-dealkylation sites (tertiary alicyclic amines) is 1. The molecule has 1 heterocycles. The summed E-state index contributed by atoms with van der Waals surface area (Å²) in [5.74, 6) is -0.232. The Morgan fingerprint density at radius 2 is 2.35 bits per heavy atom. The first kappa shape index (κ1) is 12.8. The van der Waals surface area contributed by atoms with Gasteiger partial charge in [0.2, 0.25) is 0 Å². The van der Waals surface area contributed by atoms with E-state index in [1.807, 2.05) is 0 Å². The largest absolute Gasteiger partial charge is 0.311 e. The molecule has 0 radical (unpaired) electrons. The Hall–Kier alpha value is -0.640. The summed E-state index contributed by atoms with van der Waals surface area (Å²) in [5.41, 5.74) is 0.676. The maximum absolute atomic E-state index is 13.5. The molecule has 1 saturated heterocycles. The molecule has 1 fully saturated rings. The first-order valence-electron chi connectivity index (χ1n) is 6.01. The predicted octanol–water partition coefficient (Wildman–Crippen LogP) is 2.66. The molecule has 1 atom stereocenters. The number of likely N-dealkylation sites (N-methyl/N-ethyl adjacent to an activating group) is 1. The molecule has 17 heavy (non-hydrogen) atoms. The summed E-state index contributed by atoms with van der Waals surface area (Å²) in [5, 5.41) is 3.76.